The highest BCUT2D eigenvalue weighted by Gasteiger charge is 2.24. The number of rotatable bonds is 4. The second kappa shape index (κ2) is 4.97. The van der Waals surface area contributed by atoms with E-state index in [1.54, 1.807) is 0 Å². The molecule has 78 valence electrons. The van der Waals surface area contributed by atoms with Gasteiger partial charge in [-0.25, -0.2) is 0 Å². The lowest BCUT2D eigenvalue weighted by Crippen LogP contribution is -2.31. The number of ether oxygens (including phenoxy) is 1. The van der Waals surface area contributed by atoms with Gasteiger partial charge in [-0.2, -0.15) is 0 Å². The molecule has 0 unspecified atom stereocenters. The Morgan fingerprint density at radius 2 is 2.23 bits per heavy atom. The zero-order valence-corrected chi connectivity index (χ0v) is 9.23. The molecule has 1 aliphatic heterocycles. The van der Waals surface area contributed by atoms with E-state index in [0.717, 1.165) is 25.7 Å². The lowest BCUT2D eigenvalue weighted by Gasteiger charge is -2.31. The molecule has 0 saturated carbocycles. The molecule has 1 N–H and O–H groups in total. The standard InChI is InChI=1S/C11H23NO/c1-11(2,9-12-3)7-10-5-4-6-13-8-10/h10,12H,4-9H2,1-3H3/t10-/m1/s1. The van der Waals surface area contributed by atoms with E-state index in [4.69, 9.17) is 4.74 Å². The Bertz CT molecular complexity index is 139. The highest BCUT2D eigenvalue weighted by Crippen LogP contribution is 2.29. The summed E-state index contributed by atoms with van der Waals surface area (Å²) in [5.41, 5.74) is 0.417. The molecule has 0 radical (unpaired) electrons. The largest absolute Gasteiger partial charge is 0.381 e. The van der Waals surface area contributed by atoms with Gasteiger partial charge in [0.1, 0.15) is 0 Å². The van der Waals surface area contributed by atoms with Crippen LogP contribution < -0.4 is 5.32 Å². The topological polar surface area (TPSA) is 21.3 Å². The number of nitrogens with one attached hydrogen (secondary N) is 1. The Morgan fingerprint density at radius 1 is 1.46 bits per heavy atom. The van der Waals surface area contributed by atoms with Crippen molar-refractivity contribution in [2.45, 2.75) is 33.1 Å². The summed E-state index contributed by atoms with van der Waals surface area (Å²) in [6.45, 7) is 7.72. The van der Waals surface area contributed by atoms with Crippen molar-refractivity contribution in [3.8, 4) is 0 Å². The molecule has 2 nitrogen and oxygen atoms in total. The normalized spacial score (nSPS) is 24.7. The predicted octanol–water partition coefficient (Wildman–Crippen LogP) is 2.05. The van der Waals surface area contributed by atoms with Gasteiger partial charge >= 0.3 is 0 Å². The Kier molecular flexibility index (Phi) is 4.20. The molecule has 1 atom stereocenters. The van der Waals surface area contributed by atoms with Crippen LogP contribution in [0.3, 0.4) is 0 Å². The van der Waals surface area contributed by atoms with Gasteiger partial charge < -0.3 is 10.1 Å². The Balaban J connectivity index is 2.28. The van der Waals surface area contributed by atoms with Crippen molar-refractivity contribution in [2.24, 2.45) is 11.3 Å². The van der Waals surface area contributed by atoms with Crippen LogP contribution in [0.25, 0.3) is 0 Å². The van der Waals surface area contributed by atoms with Crippen molar-refractivity contribution in [2.75, 3.05) is 26.8 Å². The SMILES string of the molecule is CNCC(C)(C)C[C@H]1CCCOC1. The fraction of sp³-hybridized carbons (Fsp3) is 1.00. The molecule has 2 heteroatoms. The maximum atomic E-state index is 5.49. The molecule has 0 aromatic carbocycles. The van der Waals surface area contributed by atoms with Gasteiger partial charge in [-0.1, -0.05) is 13.8 Å². The van der Waals surface area contributed by atoms with Crippen molar-refractivity contribution < 1.29 is 4.74 Å². The van der Waals surface area contributed by atoms with Crippen LogP contribution in [0.2, 0.25) is 0 Å². The van der Waals surface area contributed by atoms with Gasteiger partial charge in [0.25, 0.3) is 0 Å². The molecule has 13 heavy (non-hydrogen) atoms. The molecule has 1 heterocycles. The van der Waals surface area contributed by atoms with E-state index < -0.39 is 0 Å². The minimum atomic E-state index is 0.417. The van der Waals surface area contributed by atoms with E-state index in [0.29, 0.717) is 5.41 Å². The lowest BCUT2D eigenvalue weighted by atomic mass is 9.81. The molecule has 0 aromatic heterocycles. The van der Waals surface area contributed by atoms with Gasteiger partial charge in [-0.05, 0) is 44.2 Å². The quantitative estimate of drug-likeness (QED) is 0.724. The Hall–Kier alpha value is -0.0800. The first-order valence-corrected chi connectivity index (χ1v) is 5.36. The summed E-state index contributed by atoms with van der Waals surface area (Å²) >= 11 is 0. The Morgan fingerprint density at radius 3 is 2.77 bits per heavy atom. The molecular formula is C11H23NO. The van der Waals surface area contributed by atoms with Crippen molar-refractivity contribution in [3.05, 3.63) is 0 Å². The van der Waals surface area contributed by atoms with Gasteiger partial charge in [0.05, 0.1) is 0 Å². The molecule has 0 aromatic rings. The van der Waals surface area contributed by atoms with Crippen molar-refractivity contribution >= 4 is 0 Å². The molecule has 0 amide bonds. The summed E-state index contributed by atoms with van der Waals surface area (Å²) in [6.07, 6.45) is 3.89. The van der Waals surface area contributed by atoms with E-state index in [1.165, 1.54) is 19.3 Å². The fourth-order valence-electron chi connectivity index (χ4n) is 2.30. The second-order valence-electron chi connectivity index (χ2n) is 4.98. The van der Waals surface area contributed by atoms with Gasteiger partial charge in [0.15, 0.2) is 0 Å². The third kappa shape index (κ3) is 4.10. The van der Waals surface area contributed by atoms with E-state index in [-0.39, 0.29) is 0 Å². The van der Waals surface area contributed by atoms with Gasteiger partial charge in [-0.15, -0.1) is 0 Å². The van der Waals surface area contributed by atoms with Crippen LogP contribution in [0.15, 0.2) is 0 Å². The first kappa shape index (κ1) is 11.0. The van der Waals surface area contributed by atoms with Gasteiger partial charge in [0, 0.05) is 13.2 Å². The van der Waals surface area contributed by atoms with Crippen molar-refractivity contribution in [3.63, 3.8) is 0 Å². The minimum Gasteiger partial charge on any atom is -0.381 e. The summed E-state index contributed by atoms with van der Waals surface area (Å²) in [5, 5.41) is 3.26. The highest BCUT2D eigenvalue weighted by molar-refractivity contribution is 4.76. The molecule has 1 rings (SSSR count). The van der Waals surface area contributed by atoms with Crippen LogP contribution in [0, 0.1) is 11.3 Å². The minimum absolute atomic E-state index is 0.417. The van der Waals surface area contributed by atoms with Crippen LogP contribution in [-0.2, 0) is 4.74 Å². The number of hydrogen-bond donors (Lipinski definition) is 1. The molecular weight excluding hydrogens is 162 g/mol. The molecule has 1 aliphatic rings. The van der Waals surface area contributed by atoms with Gasteiger partial charge in [0.2, 0.25) is 0 Å². The van der Waals surface area contributed by atoms with Crippen LogP contribution in [0.4, 0.5) is 0 Å². The summed E-state index contributed by atoms with van der Waals surface area (Å²) in [7, 11) is 2.03. The van der Waals surface area contributed by atoms with Gasteiger partial charge in [-0.3, -0.25) is 0 Å². The Labute approximate surface area is 82.0 Å². The molecule has 0 spiro atoms. The second-order valence-corrected chi connectivity index (χ2v) is 4.98. The lowest BCUT2D eigenvalue weighted by molar-refractivity contribution is 0.0367. The van der Waals surface area contributed by atoms with Crippen molar-refractivity contribution in [1.29, 1.82) is 0 Å². The summed E-state index contributed by atoms with van der Waals surface area (Å²) in [4.78, 5) is 0. The smallest absolute Gasteiger partial charge is 0.0494 e. The summed E-state index contributed by atoms with van der Waals surface area (Å²) in [6, 6.07) is 0. The predicted molar refractivity (Wildman–Crippen MR) is 55.9 cm³/mol. The number of hydrogen-bond acceptors (Lipinski definition) is 2. The summed E-state index contributed by atoms with van der Waals surface area (Å²) in [5.74, 6) is 0.789. The van der Waals surface area contributed by atoms with Crippen LogP contribution in [0.1, 0.15) is 33.1 Å². The van der Waals surface area contributed by atoms with E-state index >= 15 is 0 Å². The maximum absolute atomic E-state index is 5.49. The molecule has 0 aliphatic carbocycles. The third-order valence-electron chi connectivity index (χ3n) is 2.75. The zero-order valence-electron chi connectivity index (χ0n) is 9.23. The van der Waals surface area contributed by atoms with E-state index in [1.807, 2.05) is 7.05 Å². The zero-order chi connectivity index (χ0) is 9.73. The first-order chi connectivity index (χ1) is 6.14. The molecule has 1 saturated heterocycles. The van der Waals surface area contributed by atoms with Crippen LogP contribution in [-0.4, -0.2) is 26.8 Å². The molecule has 0 bridgehead atoms. The summed E-state index contributed by atoms with van der Waals surface area (Å²) < 4.78 is 5.49. The average molecular weight is 185 g/mol. The fourth-order valence-corrected chi connectivity index (χ4v) is 2.30. The van der Waals surface area contributed by atoms with Crippen molar-refractivity contribution in [1.82, 2.24) is 5.32 Å². The first-order valence-electron chi connectivity index (χ1n) is 5.36. The average Bonchev–Trinajstić information content (AvgIpc) is 2.04. The van der Waals surface area contributed by atoms with E-state index in [2.05, 4.69) is 19.2 Å². The van der Waals surface area contributed by atoms with Crippen LogP contribution in [0.5, 0.6) is 0 Å². The van der Waals surface area contributed by atoms with E-state index in [9.17, 15) is 0 Å². The monoisotopic (exact) mass is 185 g/mol. The third-order valence-corrected chi connectivity index (χ3v) is 2.75. The molecule has 1 fully saturated rings. The van der Waals surface area contributed by atoms with Crippen LogP contribution >= 0.6 is 0 Å². The highest BCUT2D eigenvalue weighted by atomic mass is 16.5. The maximum Gasteiger partial charge on any atom is 0.0494 e.